The molecule has 5 aromatic carbocycles. The Kier molecular flexibility index (Phi) is 5.70. The van der Waals surface area contributed by atoms with Crippen LogP contribution in [0, 0.1) is 34.6 Å². The van der Waals surface area contributed by atoms with Crippen LogP contribution in [0.4, 0.5) is 17.3 Å². The summed E-state index contributed by atoms with van der Waals surface area (Å²) in [7, 11) is 4.53. The summed E-state index contributed by atoms with van der Waals surface area (Å²) >= 11 is 0. The number of anilines is 3. The Morgan fingerprint density at radius 3 is 1.26 bits per heavy atom. The molecule has 0 atom stereocenters. The van der Waals surface area contributed by atoms with Crippen LogP contribution < -0.4 is 37.7 Å². The van der Waals surface area contributed by atoms with E-state index in [-0.39, 0.29) is 13.4 Å². The summed E-state index contributed by atoms with van der Waals surface area (Å²) in [5.74, 6) is 2.55. The van der Waals surface area contributed by atoms with Gasteiger partial charge in [-0.3, -0.25) is 4.90 Å². The van der Waals surface area contributed by atoms with E-state index in [1.165, 1.54) is 99.7 Å². The Labute approximate surface area is 272 Å². The van der Waals surface area contributed by atoms with E-state index in [2.05, 4.69) is 160 Å². The Morgan fingerprint density at radius 2 is 0.848 bits per heavy atom. The lowest BCUT2D eigenvalue weighted by Crippen LogP contribution is -2.66. The number of para-hydroxylation sites is 2. The van der Waals surface area contributed by atoms with Gasteiger partial charge in [-0.15, -0.1) is 0 Å². The van der Waals surface area contributed by atoms with E-state index in [9.17, 15) is 0 Å². The van der Waals surface area contributed by atoms with Gasteiger partial charge in [-0.2, -0.15) is 0 Å². The average molecular weight is 593 g/mol. The Morgan fingerprint density at radius 1 is 0.457 bits per heavy atom. The zero-order valence-corrected chi connectivity index (χ0v) is 27.7. The number of benzene rings is 5. The van der Waals surface area contributed by atoms with Gasteiger partial charge < -0.3 is 9.13 Å². The predicted molar refractivity (Wildman–Crippen MR) is 200 cm³/mol. The minimum absolute atomic E-state index is 0.113. The lowest BCUT2D eigenvalue weighted by molar-refractivity contribution is 0.907. The van der Waals surface area contributed by atoms with E-state index in [4.69, 9.17) is 0 Å². The number of hydrogen-bond acceptors (Lipinski definition) is 1. The molecule has 2 aliphatic heterocycles. The monoisotopic (exact) mass is 593 g/mol. The maximum absolute atomic E-state index is 2.64. The smallest absolute Gasteiger partial charge is 0.250 e. The second-order valence-corrected chi connectivity index (χ2v) is 13.7. The van der Waals surface area contributed by atoms with Crippen LogP contribution in [0.2, 0.25) is 0 Å². The van der Waals surface area contributed by atoms with Crippen LogP contribution in [0.15, 0.2) is 97.1 Å². The molecule has 0 aliphatic carbocycles. The first kappa shape index (κ1) is 27.4. The largest absolute Gasteiger partial charge is 0.330 e. The van der Waals surface area contributed by atoms with Crippen LogP contribution in [0.5, 0.6) is 0 Å². The van der Waals surface area contributed by atoms with Crippen molar-refractivity contribution >= 4 is 85.3 Å². The van der Waals surface area contributed by atoms with Crippen molar-refractivity contribution in [3.63, 3.8) is 0 Å². The standard InChI is InChI=1S/C41H37B2N3/c1-24-22-31-39-32(23-24)43(36-27(4)16-13-17-28(36)5)38-30-19-9-11-21-34(30)45(7)41(38)46(39)40-37(29-18-8-10-20-33(29)44(40)6)42(31)35-25(2)14-12-15-26(35)3/h8-23H,1-7H3. The highest BCUT2D eigenvalue weighted by Crippen LogP contribution is 2.42. The molecule has 2 aliphatic rings. The van der Waals surface area contributed by atoms with Gasteiger partial charge in [-0.05, 0) is 79.4 Å². The second-order valence-electron chi connectivity index (χ2n) is 13.7. The van der Waals surface area contributed by atoms with Gasteiger partial charge in [0.25, 0.3) is 0 Å². The van der Waals surface area contributed by atoms with Crippen LogP contribution in [-0.4, -0.2) is 22.6 Å². The summed E-state index contributed by atoms with van der Waals surface area (Å²) in [6.45, 7) is 11.7. The van der Waals surface area contributed by atoms with Crippen LogP contribution in [0.25, 0.3) is 21.8 Å². The second kappa shape index (κ2) is 9.56. The van der Waals surface area contributed by atoms with Crippen molar-refractivity contribution in [1.29, 1.82) is 0 Å². The predicted octanol–water partition coefficient (Wildman–Crippen LogP) is 5.34. The molecule has 222 valence electrons. The number of nitrogens with zero attached hydrogens (tertiary/aromatic N) is 3. The normalized spacial score (nSPS) is 13.4. The molecule has 0 saturated heterocycles. The van der Waals surface area contributed by atoms with Gasteiger partial charge in [0.05, 0.1) is 0 Å². The van der Waals surface area contributed by atoms with E-state index in [1.54, 1.807) is 0 Å². The number of hydrogen-bond donors (Lipinski definition) is 0. The summed E-state index contributed by atoms with van der Waals surface area (Å²) in [5, 5.41) is 2.66. The molecule has 0 N–H and O–H groups in total. The maximum atomic E-state index is 2.64. The van der Waals surface area contributed by atoms with Crippen molar-refractivity contribution in [2.24, 2.45) is 14.1 Å². The third-order valence-corrected chi connectivity index (χ3v) is 11.0. The molecule has 0 bridgehead atoms. The van der Waals surface area contributed by atoms with Crippen LogP contribution >= 0.6 is 0 Å². The molecule has 3 nitrogen and oxygen atoms in total. The van der Waals surface area contributed by atoms with Crippen LogP contribution in [0.3, 0.4) is 0 Å². The van der Waals surface area contributed by atoms with Crippen molar-refractivity contribution in [2.45, 2.75) is 34.6 Å². The van der Waals surface area contributed by atoms with Crippen molar-refractivity contribution in [2.75, 3.05) is 4.90 Å². The summed E-state index contributed by atoms with van der Waals surface area (Å²) in [5.41, 5.74) is 19.1. The van der Waals surface area contributed by atoms with Crippen molar-refractivity contribution < 1.29 is 0 Å². The summed E-state index contributed by atoms with van der Waals surface area (Å²) < 4.78 is 4.91. The van der Waals surface area contributed by atoms with Gasteiger partial charge in [0, 0.05) is 30.8 Å². The fourth-order valence-electron chi connectivity index (χ4n) is 9.25. The van der Waals surface area contributed by atoms with Gasteiger partial charge >= 0.3 is 0 Å². The van der Waals surface area contributed by atoms with Gasteiger partial charge in [0.1, 0.15) is 11.6 Å². The SMILES string of the molecule is Cc1cc2c3c(c1)B(c1c(C)cccc1C)c1c(n(C)c4ccccc14)N3c1c(c3ccccc3n1C)B2c1c(C)cccc1C. The molecule has 0 radical (unpaired) electrons. The van der Waals surface area contributed by atoms with Crippen molar-refractivity contribution in [1.82, 2.24) is 9.13 Å². The molecule has 0 amide bonds. The highest BCUT2D eigenvalue weighted by Gasteiger charge is 2.48. The van der Waals surface area contributed by atoms with Crippen molar-refractivity contribution in [3.8, 4) is 0 Å². The summed E-state index contributed by atoms with van der Waals surface area (Å²) in [4.78, 5) is 2.64. The van der Waals surface area contributed by atoms with Gasteiger partial charge in [0.15, 0.2) is 0 Å². The third kappa shape index (κ3) is 3.41. The Balaban J connectivity index is 1.53. The topological polar surface area (TPSA) is 13.1 Å². The average Bonchev–Trinajstić information content (AvgIpc) is 3.50. The van der Waals surface area contributed by atoms with E-state index < -0.39 is 0 Å². The quantitative estimate of drug-likeness (QED) is 0.247. The fraction of sp³-hybridized carbons (Fsp3) is 0.171. The first-order valence-electron chi connectivity index (χ1n) is 16.5. The molecule has 7 aromatic rings. The molecule has 0 unspecified atom stereocenters. The van der Waals surface area contributed by atoms with Crippen LogP contribution in [-0.2, 0) is 14.1 Å². The fourth-order valence-corrected chi connectivity index (χ4v) is 9.25. The molecule has 5 heteroatoms. The zero-order valence-electron chi connectivity index (χ0n) is 27.7. The Hall–Kier alpha value is -4.89. The van der Waals surface area contributed by atoms with Crippen LogP contribution in [0.1, 0.15) is 27.8 Å². The molecule has 0 spiro atoms. The van der Waals surface area contributed by atoms with Gasteiger partial charge in [0.2, 0.25) is 13.4 Å². The van der Waals surface area contributed by atoms with E-state index >= 15 is 0 Å². The molecular formula is C41H37B2N3. The summed E-state index contributed by atoms with van der Waals surface area (Å²) in [6, 6.07) is 36.6. The molecule has 46 heavy (non-hydrogen) atoms. The maximum Gasteiger partial charge on any atom is 0.250 e. The molecule has 9 rings (SSSR count). The zero-order chi connectivity index (χ0) is 31.6. The first-order chi connectivity index (χ1) is 22.3. The van der Waals surface area contributed by atoms with E-state index in [0.29, 0.717) is 0 Å². The lowest BCUT2D eigenvalue weighted by atomic mass is 9.29. The molecule has 0 fully saturated rings. The number of fused-ring (bicyclic) bond motifs is 8. The molecule has 4 heterocycles. The highest BCUT2D eigenvalue weighted by molar-refractivity contribution is 7.04. The molecular weight excluding hydrogens is 556 g/mol. The first-order valence-corrected chi connectivity index (χ1v) is 16.5. The number of rotatable bonds is 2. The number of aromatic nitrogens is 2. The van der Waals surface area contributed by atoms with Crippen molar-refractivity contribution in [3.05, 3.63) is 125 Å². The summed E-state index contributed by atoms with van der Waals surface area (Å²) in [6.07, 6.45) is 0. The van der Waals surface area contributed by atoms with E-state index in [1.807, 2.05) is 0 Å². The van der Waals surface area contributed by atoms with Gasteiger partial charge in [-0.25, -0.2) is 0 Å². The lowest BCUT2D eigenvalue weighted by Gasteiger charge is -2.43. The highest BCUT2D eigenvalue weighted by atomic mass is 15.3. The number of aryl methyl sites for hydroxylation is 7. The molecule has 0 saturated carbocycles. The minimum Gasteiger partial charge on any atom is -0.330 e. The minimum atomic E-state index is 0.113. The van der Waals surface area contributed by atoms with E-state index in [0.717, 1.165) is 0 Å². The van der Waals surface area contributed by atoms with Gasteiger partial charge in [-0.1, -0.05) is 124 Å². The Bertz CT molecular complexity index is 2220. The third-order valence-electron chi connectivity index (χ3n) is 11.0. The molecule has 2 aromatic heterocycles.